The number of carbonyl (C=O) groups is 1. The van der Waals surface area contributed by atoms with Crippen LogP contribution in [0.15, 0.2) is 42.6 Å². The first-order valence-corrected chi connectivity index (χ1v) is 6.76. The van der Waals surface area contributed by atoms with Crippen molar-refractivity contribution in [2.24, 2.45) is 0 Å². The molecule has 0 atom stereocenters. The van der Waals surface area contributed by atoms with Crippen molar-refractivity contribution in [2.75, 3.05) is 30.9 Å². The van der Waals surface area contributed by atoms with Gasteiger partial charge in [0.15, 0.2) is 0 Å². The number of nitrogens with one attached hydrogen (secondary N) is 2. The Bertz CT molecular complexity index is 597. The van der Waals surface area contributed by atoms with Gasteiger partial charge in [-0.25, -0.2) is 4.98 Å². The molecule has 0 aliphatic carbocycles. The number of benzene rings is 1. The summed E-state index contributed by atoms with van der Waals surface area (Å²) in [5.41, 5.74) is 3.11. The van der Waals surface area contributed by atoms with Gasteiger partial charge in [0.2, 0.25) is 0 Å². The molecule has 2 aromatic rings. The van der Waals surface area contributed by atoms with Gasteiger partial charge in [-0.05, 0) is 36.8 Å². The van der Waals surface area contributed by atoms with E-state index >= 15 is 0 Å². The van der Waals surface area contributed by atoms with Crippen LogP contribution in [0, 0.1) is 6.92 Å². The molecule has 2 rings (SSSR count). The zero-order chi connectivity index (χ0) is 15.1. The molecule has 0 saturated carbocycles. The average molecular weight is 285 g/mol. The van der Waals surface area contributed by atoms with Crippen molar-refractivity contribution in [3.05, 3.63) is 53.9 Å². The molecule has 0 fully saturated rings. The van der Waals surface area contributed by atoms with Gasteiger partial charge >= 0.3 is 0 Å². The fourth-order valence-corrected chi connectivity index (χ4v) is 1.85. The average Bonchev–Trinajstić information content (AvgIpc) is 2.48. The van der Waals surface area contributed by atoms with E-state index in [2.05, 4.69) is 15.6 Å². The van der Waals surface area contributed by atoms with Crippen LogP contribution in [0.4, 0.5) is 11.4 Å². The molecule has 0 spiro atoms. The summed E-state index contributed by atoms with van der Waals surface area (Å²) in [6, 6.07) is 11.2. The normalized spacial score (nSPS) is 10.2. The third kappa shape index (κ3) is 4.57. The second-order valence-electron chi connectivity index (χ2n) is 4.68. The predicted octanol–water partition coefficient (Wildman–Crippen LogP) is 2.70. The van der Waals surface area contributed by atoms with E-state index in [9.17, 15) is 4.79 Å². The first kappa shape index (κ1) is 15.0. The third-order valence-electron chi connectivity index (χ3n) is 2.91. The summed E-state index contributed by atoms with van der Waals surface area (Å²) < 4.78 is 4.95. The number of anilines is 2. The predicted molar refractivity (Wildman–Crippen MR) is 83.7 cm³/mol. The Hall–Kier alpha value is -2.40. The first-order chi connectivity index (χ1) is 10.2. The number of hydrogen-bond donors (Lipinski definition) is 2. The Balaban J connectivity index is 1.96. The largest absolute Gasteiger partial charge is 0.383 e. The first-order valence-electron chi connectivity index (χ1n) is 6.76. The Labute approximate surface area is 124 Å². The summed E-state index contributed by atoms with van der Waals surface area (Å²) in [4.78, 5) is 16.2. The molecular weight excluding hydrogens is 266 g/mol. The monoisotopic (exact) mass is 285 g/mol. The van der Waals surface area contributed by atoms with E-state index < -0.39 is 0 Å². The van der Waals surface area contributed by atoms with Crippen molar-refractivity contribution in [3.63, 3.8) is 0 Å². The molecule has 110 valence electrons. The van der Waals surface area contributed by atoms with Gasteiger partial charge in [-0.3, -0.25) is 4.79 Å². The smallest absolute Gasteiger partial charge is 0.274 e. The molecule has 5 heteroatoms. The zero-order valence-electron chi connectivity index (χ0n) is 12.2. The van der Waals surface area contributed by atoms with E-state index in [0.29, 0.717) is 18.8 Å². The van der Waals surface area contributed by atoms with Gasteiger partial charge in [-0.15, -0.1) is 0 Å². The van der Waals surface area contributed by atoms with Crippen LogP contribution in [-0.2, 0) is 4.74 Å². The van der Waals surface area contributed by atoms with Crippen LogP contribution in [-0.4, -0.2) is 31.2 Å². The van der Waals surface area contributed by atoms with Crippen LogP contribution in [0.2, 0.25) is 0 Å². The van der Waals surface area contributed by atoms with Crippen LogP contribution >= 0.6 is 0 Å². The molecule has 1 aromatic carbocycles. The van der Waals surface area contributed by atoms with Crippen molar-refractivity contribution in [1.29, 1.82) is 0 Å². The summed E-state index contributed by atoms with van der Waals surface area (Å²) in [5.74, 6) is -0.218. The molecule has 1 aromatic heterocycles. The highest BCUT2D eigenvalue weighted by atomic mass is 16.5. The lowest BCUT2D eigenvalue weighted by Gasteiger charge is -2.07. The van der Waals surface area contributed by atoms with Crippen LogP contribution < -0.4 is 10.6 Å². The van der Waals surface area contributed by atoms with Gasteiger partial charge < -0.3 is 15.4 Å². The SMILES string of the molecule is COCCNc1ccc(C(=O)Nc2cccc(C)c2)nc1. The maximum atomic E-state index is 12.1. The van der Waals surface area contributed by atoms with E-state index in [1.807, 2.05) is 37.3 Å². The Morgan fingerprint density at radius 2 is 2.10 bits per heavy atom. The number of hydrogen-bond acceptors (Lipinski definition) is 4. The number of methoxy groups -OCH3 is 1. The van der Waals surface area contributed by atoms with E-state index in [4.69, 9.17) is 4.74 Å². The van der Waals surface area contributed by atoms with Crippen molar-refractivity contribution < 1.29 is 9.53 Å². The molecule has 21 heavy (non-hydrogen) atoms. The van der Waals surface area contributed by atoms with Crippen LogP contribution in [0.1, 0.15) is 16.1 Å². The van der Waals surface area contributed by atoms with E-state index in [0.717, 1.165) is 16.9 Å². The van der Waals surface area contributed by atoms with Crippen molar-refractivity contribution in [1.82, 2.24) is 4.98 Å². The standard InChI is InChI=1S/C16H19N3O2/c1-12-4-3-5-13(10-12)19-16(20)15-7-6-14(11-18-15)17-8-9-21-2/h3-7,10-11,17H,8-9H2,1-2H3,(H,19,20). The van der Waals surface area contributed by atoms with Gasteiger partial charge in [0.05, 0.1) is 18.5 Å². The number of pyridine rings is 1. The number of nitrogens with zero attached hydrogens (tertiary/aromatic N) is 1. The summed E-state index contributed by atoms with van der Waals surface area (Å²) in [6.07, 6.45) is 1.64. The van der Waals surface area contributed by atoms with Gasteiger partial charge in [-0.2, -0.15) is 0 Å². The van der Waals surface area contributed by atoms with Gasteiger partial charge in [-0.1, -0.05) is 12.1 Å². The lowest BCUT2D eigenvalue weighted by Crippen LogP contribution is -2.14. The molecule has 2 N–H and O–H groups in total. The minimum absolute atomic E-state index is 0.218. The molecule has 1 amide bonds. The van der Waals surface area contributed by atoms with Crippen LogP contribution in [0.5, 0.6) is 0 Å². The van der Waals surface area contributed by atoms with Gasteiger partial charge in [0.1, 0.15) is 5.69 Å². The number of amides is 1. The zero-order valence-corrected chi connectivity index (χ0v) is 12.2. The lowest BCUT2D eigenvalue weighted by atomic mass is 10.2. The molecule has 0 unspecified atom stereocenters. The molecule has 0 aliphatic heterocycles. The highest BCUT2D eigenvalue weighted by molar-refractivity contribution is 6.02. The Morgan fingerprint density at radius 1 is 1.24 bits per heavy atom. The second-order valence-corrected chi connectivity index (χ2v) is 4.68. The highest BCUT2D eigenvalue weighted by Gasteiger charge is 2.07. The topological polar surface area (TPSA) is 63.2 Å². The van der Waals surface area contributed by atoms with E-state index in [1.54, 1.807) is 19.4 Å². The number of ether oxygens (including phenoxy) is 1. The molecule has 5 nitrogen and oxygen atoms in total. The third-order valence-corrected chi connectivity index (χ3v) is 2.91. The molecule has 0 aliphatic rings. The highest BCUT2D eigenvalue weighted by Crippen LogP contribution is 2.12. The maximum absolute atomic E-state index is 12.1. The number of rotatable bonds is 6. The van der Waals surface area contributed by atoms with E-state index in [-0.39, 0.29) is 5.91 Å². The number of aromatic nitrogens is 1. The lowest BCUT2D eigenvalue weighted by molar-refractivity contribution is 0.102. The Kier molecular flexibility index (Phi) is 5.29. The summed E-state index contributed by atoms with van der Waals surface area (Å²) >= 11 is 0. The Morgan fingerprint density at radius 3 is 2.76 bits per heavy atom. The molecule has 0 saturated heterocycles. The van der Waals surface area contributed by atoms with Gasteiger partial charge in [0, 0.05) is 19.3 Å². The molecular formula is C16H19N3O2. The minimum Gasteiger partial charge on any atom is -0.383 e. The maximum Gasteiger partial charge on any atom is 0.274 e. The molecule has 0 bridgehead atoms. The fourth-order valence-electron chi connectivity index (χ4n) is 1.85. The fraction of sp³-hybridized carbons (Fsp3) is 0.250. The van der Waals surface area contributed by atoms with Crippen LogP contribution in [0.3, 0.4) is 0 Å². The minimum atomic E-state index is -0.218. The summed E-state index contributed by atoms with van der Waals surface area (Å²) in [7, 11) is 1.65. The van der Waals surface area contributed by atoms with Crippen molar-refractivity contribution >= 4 is 17.3 Å². The second kappa shape index (κ2) is 7.40. The van der Waals surface area contributed by atoms with Crippen molar-refractivity contribution in [3.8, 4) is 0 Å². The van der Waals surface area contributed by atoms with Gasteiger partial charge in [0.25, 0.3) is 5.91 Å². The van der Waals surface area contributed by atoms with Crippen LogP contribution in [0.25, 0.3) is 0 Å². The van der Waals surface area contributed by atoms with Crippen molar-refractivity contribution in [2.45, 2.75) is 6.92 Å². The number of carbonyl (C=O) groups excluding carboxylic acids is 1. The number of aryl methyl sites for hydroxylation is 1. The summed E-state index contributed by atoms with van der Waals surface area (Å²) in [6.45, 7) is 3.30. The molecule has 0 radical (unpaired) electrons. The van der Waals surface area contributed by atoms with E-state index in [1.165, 1.54) is 0 Å². The summed E-state index contributed by atoms with van der Waals surface area (Å²) in [5, 5.41) is 5.98. The quantitative estimate of drug-likeness (QED) is 0.801. The molecule has 1 heterocycles.